The molecular weight excluding hydrogens is 290 g/mol. The molecule has 6 heteroatoms. The molecule has 2 N–H and O–H groups in total. The third kappa shape index (κ3) is 2.91. The lowest BCUT2D eigenvalue weighted by atomic mass is 10.1. The molecule has 21 heavy (non-hydrogen) atoms. The number of hydrogen-bond donors (Lipinski definition) is 2. The van der Waals surface area contributed by atoms with Crippen LogP contribution in [0.15, 0.2) is 29.6 Å². The molecule has 0 radical (unpaired) electrons. The van der Waals surface area contributed by atoms with Gasteiger partial charge in [-0.3, -0.25) is 4.79 Å². The van der Waals surface area contributed by atoms with E-state index in [1.807, 2.05) is 29.6 Å². The van der Waals surface area contributed by atoms with Gasteiger partial charge in [0, 0.05) is 22.0 Å². The van der Waals surface area contributed by atoms with Crippen molar-refractivity contribution in [3.05, 3.63) is 35.2 Å². The highest BCUT2D eigenvalue weighted by Crippen LogP contribution is 2.25. The van der Waals surface area contributed by atoms with Gasteiger partial charge in [-0.1, -0.05) is 18.2 Å². The number of carboxylic acid groups (broad SMARTS) is 1. The summed E-state index contributed by atoms with van der Waals surface area (Å²) in [7, 11) is 0. The van der Waals surface area contributed by atoms with Crippen LogP contribution in [-0.2, 0) is 9.53 Å². The number of hydrogen-bond acceptors (Lipinski definition) is 4. The standard InChI is InChI=1S/C15H15NO4S/c17-14(11-8-21-13-4-2-1-3-10(11)13)16-7-9-5-6-12(20-9)15(18)19/h1-4,8-9,12H,5-7H2,(H,16,17)(H,18,19). The Hall–Kier alpha value is -1.92. The first kappa shape index (κ1) is 14.0. The summed E-state index contributed by atoms with van der Waals surface area (Å²) >= 11 is 1.53. The minimum atomic E-state index is -0.937. The predicted molar refractivity (Wildman–Crippen MR) is 79.7 cm³/mol. The Morgan fingerprint density at radius 1 is 1.33 bits per heavy atom. The third-order valence-electron chi connectivity index (χ3n) is 3.60. The van der Waals surface area contributed by atoms with Crippen molar-refractivity contribution < 1.29 is 19.4 Å². The number of carboxylic acids is 1. The molecule has 1 aliphatic rings. The monoisotopic (exact) mass is 305 g/mol. The highest BCUT2D eigenvalue weighted by atomic mass is 32.1. The zero-order chi connectivity index (χ0) is 14.8. The van der Waals surface area contributed by atoms with E-state index in [0.29, 0.717) is 24.9 Å². The van der Waals surface area contributed by atoms with Crippen LogP contribution < -0.4 is 5.32 Å². The van der Waals surface area contributed by atoms with Gasteiger partial charge in [0.2, 0.25) is 0 Å². The number of thiophene rings is 1. The number of amides is 1. The quantitative estimate of drug-likeness (QED) is 0.908. The molecule has 1 aromatic heterocycles. The molecule has 2 heterocycles. The number of ether oxygens (including phenoxy) is 1. The fraction of sp³-hybridized carbons (Fsp3) is 0.333. The van der Waals surface area contributed by atoms with E-state index in [2.05, 4.69) is 5.32 Å². The molecule has 1 aromatic carbocycles. The van der Waals surface area contributed by atoms with Crippen molar-refractivity contribution in [2.24, 2.45) is 0 Å². The molecular formula is C15H15NO4S. The number of nitrogens with one attached hydrogen (secondary N) is 1. The van der Waals surface area contributed by atoms with Crippen molar-refractivity contribution in [2.45, 2.75) is 25.0 Å². The lowest BCUT2D eigenvalue weighted by Crippen LogP contribution is -2.33. The topological polar surface area (TPSA) is 75.6 Å². The van der Waals surface area contributed by atoms with Crippen molar-refractivity contribution in [1.29, 1.82) is 0 Å². The van der Waals surface area contributed by atoms with Crippen LogP contribution in [0.25, 0.3) is 10.1 Å². The van der Waals surface area contributed by atoms with Crippen molar-refractivity contribution >= 4 is 33.3 Å². The Morgan fingerprint density at radius 2 is 2.14 bits per heavy atom. The maximum absolute atomic E-state index is 12.2. The summed E-state index contributed by atoms with van der Waals surface area (Å²) in [6.45, 7) is 0.340. The van der Waals surface area contributed by atoms with Crippen molar-refractivity contribution in [1.82, 2.24) is 5.32 Å². The maximum Gasteiger partial charge on any atom is 0.332 e. The lowest BCUT2D eigenvalue weighted by Gasteiger charge is -2.12. The first-order chi connectivity index (χ1) is 10.1. The SMILES string of the molecule is O=C(NCC1CCC(C(=O)O)O1)c1csc2ccccc12. The van der Waals surface area contributed by atoms with Gasteiger partial charge in [-0.25, -0.2) is 4.79 Å². The van der Waals surface area contributed by atoms with Crippen LogP contribution in [0.3, 0.4) is 0 Å². The molecule has 1 amide bonds. The minimum absolute atomic E-state index is 0.144. The molecule has 0 saturated carbocycles. The van der Waals surface area contributed by atoms with Gasteiger partial charge in [0.25, 0.3) is 5.91 Å². The molecule has 0 aliphatic carbocycles. The Kier molecular flexibility index (Phi) is 3.90. The summed E-state index contributed by atoms with van der Waals surface area (Å²) in [5.74, 6) is -1.08. The molecule has 2 unspecified atom stereocenters. The van der Waals surface area contributed by atoms with E-state index in [4.69, 9.17) is 9.84 Å². The highest BCUT2D eigenvalue weighted by Gasteiger charge is 2.30. The average Bonchev–Trinajstić information content (AvgIpc) is 3.11. The number of carbonyl (C=O) groups is 2. The van der Waals surface area contributed by atoms with Gasteiger partial charge in [-0.05, 0) is 18.9 Å². The summed E-state index contributed by atoms with van der Waals surface area (Å²) in [4.78, 5) is 23.0. The molecule has 1 saturated heterocycles. The van der Waals surface area contributed by atoms with Crippen molar-refractivity contribution in [3.63, 3.8) is 0 Å². The van der Waals surface area contributed by atoms with Gasteiger partial charge in [0.15, 0.2) is 6.10 Å². The second-order valence-corrected chi connectivity index (χ2v) is 5.93. The summed E-state index contributed by atoms with van der Waals surface area (Å²) in [5, 5.41) is 14.5. The van der Waals surface area contributed by atoms with Gasteiger partial charge in [-0.15, -0.1) is 11.3 Å². The van der Waals surface area contributed by atoms with Gasteiger partial charge < -0.3 is 15.2 Å². The zero-order valence-corrected chi connectivity index (χ0v) is 12.1. The fourth-order valence-corrected chi connectivity index (χ4v) is 3.43. The van der Waals surface area contributed by atoms with Crippen LogP contribution in [-0.4, -0.2) is 35.7 Å². The second kappa shape index (κ2) is 5.83. The molecule has 2 atom stereocenters. The van der Waals surface area contributed by atoms with Crippen molar-refractivity contribution in [2.75, 3.05) is 6.54 Å². The molecule has 2 aromatic rings. The summed E-state index contributed by atoms with van der Waals surface area (Å²) < 4.78 is 6.44. The summed E-state index contributed by atoms with van der Waals surface area (Å²) in [6.07, 6.45) is 0.188. The summed E-state index contributed by atoms with van der Waals surface area (Å²) in [5.41, 5.74) is 0.656. The van der Waals surface area contributed by atoms with Gasteiger partial charge >= 0.3 is 5.97 Å². The van der Waals surface area contributed by atoms with Crippen LogP contribution in [0, 0.1) is 0 Å². The third-order valence-corrected chi connectivity index (χ3v) is 4.56. The minimum Gasteiger partial charge on any atom is -0.479 e. The van der Waals surface area contributed by atoms with Crippen LogP contribution in [0.5, 0.6) is 0 Å². The zero-order valence-electron chi connectivity index (χ0n) is 11.2. The molecule has 3 rings (SSSR count). The van der Waals surface area contributed by atoms with E-state index in [1.165, 1.54) is 11.3 Å². The molecule has 0 bridgehead atoms. The molecule has 1 aliphatic heterocycles. The number of benzene rings is 1. The Morgan fingerprint density at radius 3 is 2.90 bits per heavy atom. The largest absolute Gasteiger partial charge is 0.479 e. The van der Waals surface area contributed by atoms with Crippen LogP contribution >= 0.6 is 11.3 Å². The number of rotatable bonds is 4. The lowest BCUT2D eigenvalue weighted by molar-refractivity contribution is -0.149. The molecule has 5 nitrogen and oxygen atoms in total. The maximum atomic E-state index is 12.2. The molecule has 1 fully saturated rings. The van der Waals surface area contributed by atoms with E-state index in [9.17, 15) is 9.59 Å². The number of aliphatic carboxylic acids is 1. The fourth-order valence-electron chi connectivity index (χ4n) is 2.49. The van der Waals surface area contributed by atoms with Crippen LogP contribution in [0.1, 0.15) is 23.2 Å². The van der Waals surface area contributed by atoms with E-state index >= 15 is 0 Å². The molecule has 0 spiro atoms. The van der Waals surface area contributed by atoms with E-state index in [-0.39, 0.29) is 12.0 Å². The van der Waals surface area contributed by atoms with Gasteiger partial charge in [0.1, 0.15) is 0 Å². The smallest absolute Gasteiger partial charge is 0.332 e. The van der Waals surface area contributed by atoms with Crippen molar-refractivity contribution in [3.8, 4) is 0 Å². The van der Waals surface area contributed by atoms with Gasteiger partial charge in [0.05, 0.1) is 11.7 Å². The highest BCUT2D eigenvalue weighted by molar-refractivity contribution is 7.17. The van der Waals surface area contributed by atoms with Crippen LogP contribution in [0.2, 0.25) is 0 Å². The average molecular weight is 305 g/mol. The number of fused-ring (bicyclic) bond motifs is 1. The van der Waals surface area contributed by atoms with Gasteiger partial charge in [-0.2, -0.15) is 0 Å². The first-order valence-electron chi connectivity index (χ1n) is 6.78. The summed E-state index contributed by atoms with van der Waals surface area (Å²) in [6, 6.07) is 7.75. The normalized spacial score (nSPS) is 21.5. The Labute approximate surface area is 125 Å². The molecule has 110 valence electrons. The number of carbonyl (C=O) groups excluding carboxylic acids is 1. The van der Waals surface area contributed by atoms with Crippen LogP contribution in [0.4, 0.5) is 0 Å². The Balaban J connectivity index is 1.61. The first-order valence-corrected chi connectivity index (χ1v) is 7.66. The van der Waals surface area contributed by atoms with E-state index < -0.39 is 12.1 Å². The second-order valence-electron chi connectivity index (χ2n) is 5.02. The predicted octanol–water partition coefficient (Wildman–Crippen LogP) is 2.26. The Bertz CT molecular complexity index is 681. The van der Waals surface area contributed by atoms with E-state index in [0.717, 1.165) is 10.1 Å². The van der Waals surface area contributed by atoms with E-state index in [1.54, 1.807) is 0 Å².